The number of hydrogen-bond donors (Lipinski definition) is 1. The molecule has 0 heterocycles. The summed E-state index contributed by atoms with van der Waals surface area (Å²) in [6.45, 7) is 14.1. The van der Waals surface area contributed by atoms with Gasteiger partial charge >= 0.3 is 0 Å². The molecule has 4 nitrogen and oxygen atoms in total. The molecule has 2 aromatic carbocycles. The number of nitrogens with one attached hydrogen (secondary N) is 1. The molecule has 0 saturated heterocycles. The monoisotopic (exact) mass is 394 g/mol. The predicted molar refractivity (Wildman–Crippen MR) is 119 cm³/mol. The Kier molecular flexibility index (Phi) is 7.23. The highest BCUT2D eigenvalue weighted by Crippen LogP contribution is 2.17. The second kappa shape index (κ2) is 9.25. The average molecular weight is 395 g/mol. The fraction of sp³-hybridized carbons (Fsp3) is 0.440. The van der Waals surface area contributed by atoms with Crippen LogP contribution in [0, 0.1) is 20.8 Å². The van der Waals surface area contributed by atoms with Crippen molar-refractivity contribution in [2.75, 3.05) is 0 Å². The summed E-state index contributed by atoms with van der Waals surface area (Å²) in [5, 5.41) is 3.00. The molecular formula is C25H34N2O2. The van der Waals surface area contributed by atoms with Gasteiger partial charge in [0.2, 0.25) is 11.8 Å². The molecule has 0 spiro atoms. The molecule has 0 saturated carbocycles. The highest BCUT2D eigenvalue weighted by Gasteiger charge is 2.28. The molecule has 0 aliphatic carbocycles. The lowest BCUT2D eigenvalue weighted by Gasteiger charge is -2.31. The van der Waals surface area contributed by atoms with Crippen molar-refractivity contribution in [3.63, 3.8) is 0 Å². The summed E-state index contributed by atoms with van der Waals surface area (Å²) in [5.74, 6) is -0.184. The van der Waals surface area contributed by atoms with Crippen LogP contribution in [0.3, 0.4) is 0 Å². The molecule has 4 heteroatoms. The Hall–Kier alpha value is -2.62. The first kappa shape index (κ1) is 22.7. The zero-order chi connectivity index (χ0) is 21.8. The van der Waals surface area contributed by atoms with Crippen LogP contribution in [0.15, 0.2) is 42.5 Å². The van der Waals surface area contributed by atoms with Crippen LogP contribution < -0.4 is 5.32 Å². The number of aryl methyl sites for hydroxylation is 3. The molecule has 0 aliphatic rings. The first-order chi connectivity index (χ1) is 13.5. The average Bonchev–Trinajstić information content (AvgIpc) is 2.60. The highest BCUT2D eigenvalue weighted by atomic mass is 16.2. The number of benzene rings is 2. The number of amides is 2. The minimum Gasteiger partial charge on any atom is -0.350 e. The van der Waals surface area contributed by atoms with Gasteiger partial charge in [-0.05, 0) is 65.2 Å². The minimum atomic E-state index is -0.563. The normalized spacial score (nSPS) is 12.4. The minimum absolute atomic E-state index is 0.0447. The molecule has 0 aromatic heterocycles. The van der Waals surface area contributed by atoms with Crippen LogP contribution in [0.1, 0.15) is 55.5 Å². The molecular weight excluding hydrogens is 360 g/mol. The summed E-state index contributed by atoms with van der Waals surface area (Å²) in [6.07, 6.45) is 0.284. The van der Waals surface area contributed by atoms with E-state index in [1.807, 2.05) is 71.9 Å². The second-order valence-electron chi connectivity index (χ2n) is 9.03. The number of nitrogens with zero attached hydrogens (tertiary/aromatic N) is 1. The van der Waals surface area contributed by atoms with Crippen LogP contribution in [-0.2, 0) is 22.6 Å². The van der Waals surface area contributed by atoms with Gasteiger partial charge in [0.15, 0.2) is 0 Å². The van der Waals surface area contributed by atoms with Crippen LogP contribution in [-0.4, -0.2) is 28.3 Å². The number of hydrogen-bond acceptors (Lipinski definition) is 2. The summed E-state index contributed by atoms with van der Waals surface area (Å²) in [5.41, 5.74) is 5.03. The Morgan fingerprint density at radius 1 is 1.00 bits per heavy atom. The third-order valence-electron chi connectivity index (χ3n) is 4.95. The summed E-state index contributed by atoms with van der Waals surface area (Å²) >= 11 is 0. The summed E-state index contributed by atoms with van der Waals surface area (Å²) in [4.78, 5) is 27.8. The van der Waals surface area contributed by atoms with Crippen molar-refractivity contribution >= 4 is 11.8 Å². The molecule has 0 fully saturated rings. The fourth-order valence-electron chi connectivity index (χ4n) is 3.32. The number of carbonyl (C=O) groups is 2. The zero-order valence-corrected chi connectivity index (χ0v) is 18.8. The van der Waals surface area contributed by atoms with Gasteiger partial charge in [-0.25, -0.2) is 0 Å². The van der Waals surface area contributed by atoms with Gasteiger partial charge in [0, 0.05) is 12.1 Å². The predicted octanol–water partition coefficient (Wildman–Crippen LogP) is 4.49. The molecule has 0 unspecified atom stereocenters. The molecule has 2 aromatic rings. The Bertz CT molecular complexity index is 881. The Morgan fingerprint density at radius 2 is 1.66 bits per heavy atom. The van der Waals surface area contributed by atoms with Gasteiger partial charge in [-0.2, -0.15) is 0 Å². The molecule has 1 atom stereocenters. The van der Waals surface area contributed by atoms with Crippen LogP contribution in [0.5, 0.6) is 0 Å². The van der Waals surface area contributed by atoms with E-state index in [-0.39, 0.29) is 23.8 Å². The smallest absolute Gasteiger partial charge is 0.242 e. The van der Waals surface area contributed by atoms with Crippen LogP contribution in [0.2, 0.25) is 0 Å². The standard InChI is InChI=1S/C25H34N2O2/c1-17-9-8-10-21(13-17)16-27(20(4)24(29)26-25(5,6)7)23(28)15-22-14-18(2)11-12-19(22)3/h8-14,20H,15-16H2,1-7H3,(H,26,29)/t20-/m1/s1. The molecule has 1 N–H and O–H groups in total. The van der Waals surface area contributed by atoms with Crippen molar-refractivity contribution in [2.45, 2.75) is 73.0 Å². The lowest BCUT2D eigenvalue weighted by atomic mass is 10.0. The first-order valence-corrected chi connectivity index (χ1v) is 10.2. The highest BCUT2D eigenvalue weighted by molar-refractivity contribution is 5.88. The van der Waals surface area contributed by atoms with Gasteiger partial charge in [0.05, 0.1) is 6.42 Å². The molecule has 29 heavy (non-hydrogen) atoms. The molecule has 0 radical (unpaired) electrons. The van der Waals surface area contributed by atoms with Crippen LogP contribution >= 0.6 is 0 Å². The van der Waals surface area contributed by atoms with Gasteiger partial charge in [-0.3, -0.25) is 9.59 Å². The van der Waals surface area contributed by atoms with Crippen molar-refractivity contribution in [3.05, 3.63) is 70.3 Å². The van der Waals surface area contributed by atoms with Gasteiger partial charge in [-0.1, -0.05) is 53.6 Å². The van der Waals surface area contributed by atoms with E-state index in [0.717, 1.165) is 27.8 Å². The third kappa shape index (κ3) is 6.74. The van der Waals surface area contributed by atoms with Gasteiger partial charge in [-0.15, -0.1) is 0 Å². The molecule has 2 amide bonds. The Labute approximate surface area is 175 Å². The van der Waals surface area contributed by atoms with Crippen molar-refractivity contribution in [3.8, 4) is 0 Å². The fourth-order valence-corrected chi connectivity index (χ4v) is 3.32. The van der Waals surface area contributed by atoms with Crippen molar-refractivity contribution in [1.29, 1.82) is 0 Å². The zero-order valence-electron chi connectivity index (χ0n) is 18.8. The molecule has 156 valence electrons. The SMILES string of the molecule is Cc1cccc(CN(C(=O)Cc2cc(C)ccc2C)[C@H](C)C(=O)NC(C)(C)C)c1. The van der Waals surface area contributed by atoms with Crippen LogP contribution in [0.4, 0.5) is 0 Å². The van der Waals surface area contributed by atoms with Gasteiger partial charge in [0.25, 0.3) is 0 Å². The van der Waals surface area contributed by atoms with E-state index in [2.05, 4.69) is 17.4 Å². The molecule has 0 aliphatic heterocycles. The second-order valence-corrected chi connectivity index (χ2v) is 9.03. The number of rotatable bonds is 6. The maximum Gasteiger partial charge on any atom is 0.242 e. The third-order valence-corrected chi connectivity index (χ3v) is 4.95. The maximum absolute atomic E-state index is 13.3. The van der Waals surface area contributed by atoms with E-state index in [9.17, 15) is 9.59 Å². The molecule has 2 rings (SSSR count). The summed E-state index contributed by atoms with van der Waals surface area (Å²) in [7, 11) is 0. The maximum atomic E-state index is 13.3. The first-order valence-electron chi connectivity index (χ1n) is 10.2. The van der Waals surface area contributed by atoms with E-state index >= 15 is 0 Å². The van der Waals surface area contributed by atoms with E-state index < -0.39 is 6.04 Å². The van der Waals surface area contributed by atoms with E-state index in [0.29, 0.717) is 6.54 Å². The van der Waals surface area contributed by atoms with Crippen molar-refractivity contribution < 1.29 is 9.59 Å². The lowest BCUT2D eigenvalue weighted by Crippen LogP contribution is -2.52. The van der Waals surface area contributed by atoms with Crippen LogP contribution in [0.25, 0.3) is 0 Å². The molecule has 0 bridgehead atoms. The van der Waals surface area contributed by atoms with Crippen molar-refractivity contribution in [1.82, 2.24) is 10.2 Å². The summed E-state index contributed by atoms with van der Waals surface area (Å²) < 4.78 is 0. The topological polar surface area (TPSA) is 49.4 Å². The quantitative estimate of drug-likeness (QED) is 0.785. The Balaban J connectivity index is 2.30. The lowest BCUT2D eigenvalue weighted by molar-refractivity contribution is -0.140. The van der Waals surface area contributed by atoms with Gasteiger partial charge in [0.1, 0.15) is 6.04 Å². The van der Waals surface area contributed by atoms with E-state index in [1.54, 1.807) is 11.8 Å². The summed E-state index contributed by atoms with van der Waals surface area (Å²) in [6, 6.07) is 13.7. The van der Waals surface area contributed by atoms with E-state index in [4.69, 9.17) is 0 Å². The Morgan fingerprint density at radius 3 is 2.28 bits per heavy atom. The van der Waals surface area contributed by atoms with Crippen molar-refractivity contribution in [2.24, 2.45) is 0 Å². The van der Waals surface area contributed by atoms with Gasteiger partial charge < -0.3 is 10.2 Å². The van der Waals surface area contributed by atoms with E-state index in [1.165, 1.54) is 0 Å². The number of carbonyl (C=O) groups excluding carboxylic acids is 2. The largest absolute Gasteiger partial charge is 0.350 e.